The highest BCUT2D eigenvalue weighted by Crippen LogP contribution is 2.26. The summed E-state index contributed by atoms with van der Waals surface area (Å²) >= 11 is 0. The molecule has 5 nitrogen and oxygen atoms in total. The molecule has 94 valence electrons. The predicted molar refractivity (Wildman–Crippen MR) is 63.1 cm³/mol. The summed E-state index contributed by atoms with van der Waals surface area (Å²) in [5, 5.41) is 0. The molecule has 0 saturated heterocycles. The fraction of sp³-hybridized carbons (Fsp3) is 0.417. The minimum atomic E-state index is -0.834. The Balaban J connectivity index is 2.99. The van der Waals surface area contributed by atoms with Crippen LogP contribution in [0.3, 0.4) is 0 Å². The van der Waals surface area contributed by atoms with E-state index in [9.17, 15) is 4.79 Å². The van der Waals surface area contributed by atoms with Gasteiger partial charge in [0.25, 0.3) is 0 Å². The van der Waals surface area contributed by atoms with Crippen molar-refractivity contribution in [2.75, 3.05) is 20.8 Å². The summed E-state index contributed by atoms with van der Waals surface area (Å²) < 4.78 is 15.1. The van der Waals surface area contributed by atoms with Crippen LogP contribution >= 0.6 is 0 Å². The molecule has 1 aromatic rings. The lowest BCUT2D eigenvalue weighted by atomic mass is 10.1. The van der Waals surface area contributed by atoms with Gasteiger partial charge in [0, 0.05) is 6.07 Å². The second-order valence-electron chi connectivity index (χ2n) is 3.38. The molecule has 1 rings (SSSR count). The van der Waals surface area contributed by atoms with Gasteiger partial charge < -0.3 is 19.9 Å². The molecule has 0 bridgehead atoms. The van der Waals surface area contributed by atoms with Crippen LogP contribution in [0.4, 0.5) is 0 Å². The number of ether oxygens (including phenoxy) is 3. The van der Waals surface area contributed by atoms with Gasteiger partial charge in [-0.3, -0.25) is 0 Å². The largest absolute Gasteiger partial charge is 0.497 e. The molecule has 0 aliphatic carbocycles. The number of hydrogen-bond donors (Lipinski definition) is 1. The third-order valence-electron chi connectivity index (χ3n) is 2.27. The summed E-state index contributed by atoms with van der Waals surface area (Å²) in [6.07, 6.45) is 0. The van der Waals surface area contributed by atoms with E-state index < -0.39 is 12.0 Å². The first-order valence-corrected chi connectivity index (χ1v) is 5.27. The Labute approximate surface area is 100 Å². The van der Waals surface area contributed by atoms with Crippen LogP contribution in [0.25, 0.3) is 0 Å². The van der Waals surface area contributed by atoms with Crippen molar-refractivity contribution in [1.29, 1.82) is 0 Å². The van der Waals surface area contributed by atoms with Crippen molar-refractivity contribution in [3.63, 3.8) is 0 Å². The molecule has 0 heterocycles. The number of benzene rings is 1. The minimum Gasteiger partial charge on any atom is -0.497 e. The lowest BCUT2D eigenvalue weighted by Crippen LogP contribution is -2.23. The lowest BCUT2D eigenvalue weighted by molar-refractivity contribution is -0.144. The van der Waals surface area contributed by atoms with Crippen LogP contribution < -0.4 is 15.2 Å². The van der Waals surface area contributed by atoms with Gasteiger partial charge in [-0.2, -0.15) is 0 Å². The summed E-state index contributed by atoms with van der Waals surface area (Å²) in [6.45, 7) is 2.03. The standard InChI is InChI=1S/C12H17NO4/c1-4-17-12(14)11(13)8-5-9(15-2)7-10(6-8)16-3/h5-7,11H,4,13H2,1-3H3. The van der Waals surface area contributed by atoms with Crippen molar-refractivity contribution >= 4 is 5.97 Å². The van der Waals surface area contributed by atoms with Gasteiger partial charge in [-0.15, -0.1) is 0 Å². The summed E-state index contributed by atoms with van der Waals surface area (Å²) in [7, 11) is 3.07. The fourth-order valence-electron chi connectivity index (χ4n) is 1.38. The molecular weight excluding hydrogens is 222 g/mol. The summed E-state index contributed by atoms with van der Waals surface area (Å²) in [4.78, 5) is 11.5. The van der Waals surface area contributed by atoms with Gasteiger partial charge >= 0.3 is 5.97 Å². The monoisotopic (exact) mass is 239 g/mol. The van der Waals surface area contributed by atoms with Crippen LogP contribution in [0.1, 0.15) is 18.5 Å². The van der Waals surface area contributed by atoms with Crippen LogP contribution in [0, 0.1) is 0 Å². The van der Waals surface area contributed by atoms with Gasteiger partial charge in [0.05, 0.1) is 20.8 Å². The Bertz CT molecular complexity index is 370. The molecule has 0 radical (unpaired) electrons. The van der Waals surface area contributed by atoms with Crippen molar-refractivity contribution in [3.8, 4) is 11.5 Å². The maximum atomic E-state index is 11.5. The fourth-order valence-corrected chi connectivity index (χ4v) is 1.38. The van der Waals surface area contributed by atoms with Crippen molar-refractivity contribution in [2.24, 2.45) is 5.73 Å². The lowest BCUT2D eigenvalue weighted by Gasteiger charge is -2.13. The van der Waals surface area contributed by atoms with E-state index in [1.807, 2.05) is 0 Å². The highest BCUT2D eigenvalue weighted by atomic mass is 16.5. The van der Waals surface area contributed by atoms with Crippen LogP contribution in [-0.2, 0) is 9.53 Å². The molecule has 1 unspecified atom stereocenters. The normalized spacial score (nSPS) is 11.8. The molecule has 1 aromatic carbocycles. The van der Waals surface area contributed by atoms with E-state index in [0.717, 1.165) is 0 Å². The summed E-state index contributed by atoms with van der Waals surface area (Å²) in [5.74, 6) is 0.695. The number of nitrogens with two attached hydrogens (primary N) is 1. The number of carbonyl (C=O) groups is 1. The number of hydrogen-bond acceptors (Lipinski definition) is 5. The van der Waals surface area contributed by atoms with Gasteiger partial charge in [-0.05, 0) is 24.6 Å². The van der Waals surface area contributed by atoms with Gasteiger partial charge in [0.1, 0.15) is 17.5 Å². The van der Waals surface area contributed by atoms with E-state index in [-0.39, 0.29) is 0 Å². The molecule has 0 spiro atoms. The molecule has 0 fully saturated rings. The second kappa shape index (κ2) is 6.10. The van der Waals surface area contributed by atoms with Crippen molar-refractivity contribution in [2.45, 2.75) is 13.0 Å². The quantitative estimate of drug-likeness (QED) is 0.783. The topological polar surface area (TPSA) is 70.8 Å². The van der Waals surface area contributed by atoms with E-state index >= 15 is 0 Å². The Kier molecular flexibility index (Phi) is 4.78. The van der Waals surface area contributed by atoms with Crippen LogP contribution in [0.5, 0.6) is 11.5 Å². The maximum Gasteiger partial charge on any atom is 0.327 e. The molecule has 0 aromatic heterocycles. The van der Waals surface area contributed by atoms with Gasteiger partial charge in [0.15, 0.2) is 0 Å². The minimum absolute atomic E-state index is 0.299. The van der Waals surface area contributed by atoms with Crippen LogP contribution in [-0.4, -0.2) is 26.8 Å². The first kappa shape index (κ1) is 13.3. The Morgan fingerprint density at radius 1 is 1.24 bits per heavy atom. The molecule has 17 heavy (non-hydrogen) atoms. The Morgan fingerprint density at radius 3 is 2.18 bits per heavy atom. The second-order valence-corrected chi connectivity index (χ2v) is 3.38. The molecule has 1 atom stereocenters. The summed E-state index contributed by atoms with van der Waals surface area (Å²) in [6, 6.07) is 4.24. The molecule has 5 heteroatoms. The highest BCUT2D eigenvalue weighted by Gasteiger charge is 2.18. The van der Waals surface area contributed by atoms with Gasteiger partial charge in [-0.25, -0.2) is 4.79 Å². The smallest absolute Gasteiger partial charge is 0.327 e. The number of carbonyl (C=O) groups excluding carboxylic acids is 1. The third-order valence-corrected chi connectivity index (χ3v) is 2.27. The van der Waals surface area contributed by atoms with Gasteiger partial charge in [-0.1, -0.05) is 0 Å². The van der Waals surface area contributed by atoms with E-state index in [1.54, 1.807) is 25.1 Å². The first-order valence-electron chi connectivity index (χ1n) is 5.27. The van der Waals surface area contributed by atoms with E-state index in [0.29, 0.717) is 23.7 Å². The Morgan fingerprint density at radius 2 is 1.76 bits per heavy atom. The zero-order valence-corrected chi connectivity index (χ0v) is 10.2. The molecule has 0 aliphatic heterocycles. The van der Waals surface area contributed by atoms with Crippen molar-refractivity contribution < 1.29 is 19.0 Å². The van der Waals surface area contributed by atoms with Crippen molar-refractivity contribution in [1.82, 2.24) is 0 Å². The Hall–Kier alpha value is -1.75. The molecule has 2 N–H and O–H groups in total. The zero-order valence-electron chi connectivity index (χ0n) is 10.2. The average Bonchev–Trinajstić information content (AvgIpc) is 2.37. The molecular formula is C12H17NO4. The SMILES string of the molecule is CCOC(=O)C(N)c1cc(OC)cc(OC)c1. The molecule has 0 saturated carbocycles. The zero-order chi connectivity index (χ0) is 12.8. The molecule has 0 amide bonds. The van der Waals surface area contributed by atoms with E-state index in [2.05, 4.69) is 0 Å². The third kappa shape index (κ3) is 3.35. The molecule has 0 aliphatic rings. The number of methoxy groups -OCH3 is 2. The van der Waals surface area contributed by atoms with E-state index in [1.165, 1.54) is 14.2 Å². The van der Waals surface area contributed by atoms with Crippen LogP contribution in [0.15, 0.2) is 18.2 Å². The summed E-state index contributed by atoms with van der Waals surface area (Å²) in [5.41, 5.74) is 6.38. The van der Waals surface area contributed by atoms with E-state index in [4.69, 9.17) is 19.9 Å². The van der Waals surface area contributed by atoms with Crippen LogP contribution in [0.2, 0.25) is 0 Å². The first-order chi connectivity index (χ1) is 8.12. The predicted octanol–water partition coefficient (Wildman–Crippen LogP) is 1.27. The number of rotatable bonds is 5. The van der Waals surface area contributed by atoms with Crippen molar-refractivity contribution in [3.05, 3.63) is 23.8 Å². The number of esters is 1. The van der Waals surface area contributed by atoms with Gasteiger partial charge in [0.2, 0.25) is 0 Å². The average molecular weight is 239 g/mol. The highest BCUT2D eigenvalue weighted by molar-refractivity contribution is 5.77. The maximum absolute atomic E-state index is 11.5.